The van der Waals surface area contributed by atoms with Crippen molar-refractivity contribution in [3.8, 4) is 11.5 Å². The van der Waals surface area contributed by atoms with Gasteiger partial charge < -0.3 is 19.4 Å². The van der Waals surface area contributed by atoms with Crippen LogP contribution in [0.3, 0.4) is 0 Å². The second kappa shape index (κ2) is 5.21. The number of aromatic nitrogens is 1. The van der Waals surface area contributed by atoms with Crippen molar-refractivity contribution in [2.24, 2.45) is 7.05 Å². The van der Waals surface area contributed by atoms with Crippen molar-refractivity contribution in [3.05, 3.63) is 53.2 Å². The molecule has 6 heteroatoms. The van der Waals surface area contributed by atoms with Gasteiger partial charge in [-0.05, 0) is 30.3 Å². The quantitative estimate of drug-likeness (QED) is 0.778. The van der Waals surface area contributed by atoms with Gasteiger partial charge in [0.05, 0.1) is 0 Å². The Morgan fingerprint density at radius 2 is 1.96 bits per heavy atom. The second-order valence-electron chi connectivity index (χ2n) is 5.31. The zero-order chi connectivity index (χ0) is 16.0. The highest BCUT2D eigenvalue weighted by Crippen LogP contribution is 2.34. The van der Waals surface area contributed by atoms with E-state index in [4.69, 9.17) is 21.1 Å². The molecule has 2 heterocycles. The van der Waals surface area contributed by atoms with E-state index >= 15 is 0 Å². The average molecular weight is 329 g/mol. The number of anilines is 1. The van der Waals surface area contributed by atoms with E-state index in [1.807, 2.05) is 35.9 Å². The maximum atomic E-state index is 12.6. The molecule has 0 atom stereocenters. The molecule has 0 unspecified atom stereocenters. The minimum Gasteiger partial charge on any atom is -0.454 e. The summed E-state index contributed by atoms with van der Waals surface area (Å²) < 4.78 is 12.4. The zero-order valence-electron chi connectivity index (χ0n) is 12.3. The monoisotopic (exact) mass is 328 g/mol. The Morgan fingerprint density at radius 3 is 2.83 bits per heavy atom. The number of amides is 1. The van der Waals surface area contributed by atoms with Crippen molar-refractivity contribution in [3.63, 3.8) is 0 Å². The first-order valence-corrected chi connectivity index (χ1v) is 7.45. The van der Waals surface area contributed by atoms with E-state index in [0.29, 0.717) is 27.9 Å². The molecule has 1 aliphatic rings. The molecule has 0 saturated carbocycles. The molecule has 0 radical (unpaired) electrons. The third-order valence-electron chi connectivity index (χ3n) is 3.87. The molecule has 1 aliphatic heterocycles. The highest BCUT2D eigenvalue weighted by Gasteiger charge is 2.17. The van der Waals surface area contributed by atoms with E-state index in [2.05, 4.69) is 5.32 Å². The summed E-state index contributed by atoms with van der Waals surface area (Å²) in [5.41, 5.74) is 2.12. The maximum Gasteiger partial charge on any atom is 0.272 e. The summed E-state index contributed by atoms with van der Waals surface area (Å²) in [6.07, 6.45) is 0. The summed E-state index contributed by atoms with van der Waals surface area (Å²) >= 11 is 6.02. The van der Waals surface area contributed by atoms with Gasteiger partial charge in [-0.3, -0.25) is 4.79 Å². The molecule has 0 spiro atoms. The number of halogens is 1. The van der Waals surface area contributed by atoms with Gasteiger partial charge in [0, 0.05) is 34.7 Å². The molecule has 4 rings (SSSR count). The molecule has 0 aliphatic carbocycles. The van der Waals surface area contributed by atoms with Gasteiger partial charge in [-0.25, -0.2) is 0 Å². The minimum absolute atomic E-state index is 0.196. The molecule has 2 aromatic carbocycles. The molecular formula is C17H13ClN2O3. The highest BCUT2D eigenvalue weighted by atomic mass is 35.5. The number of rotatable bonds is 2. The molecule has 3 aromatic rings. The van der Waals surface area contributed by atoms with Crippen LogP contribution in [0.4, 0.5) is 5.69 Å². The van der Waals surface area contributed by atoms with Crippen LogP contribution in [0.1, 0.15) is 10.5 Å². The van der Waals surface area contributed by atoms with Gasteiger partial charge in [-0.15, -0.1) is 0 Å². The van der Waals surface area contributed by atoms with Gasteiger partial charge >= 0.3 is 0 Å². The Bertz CT molecular complexity index is 933. The summed E-state index contributed by atoms with van der Waals surface area (Å²) in [6.45, 7) is 0.205. The maximum absolute atomic E-state index is 12.6. The molecule has 1 amide bonds. The number of nitrogens with one attached hydrogen (secondary N) is 1. The topological polar surface area (TPSA) is 52.5 Å². The Labute approximate surface area is 137 Å². The van der Waals surface area contributed by atoms with E-state index < -0.39 is 0 Å². The number of hydrogen-bond acceptors (Lipinski definition) is 3. The van der Waals surface area contributed by atoms with Crippen molar-refractivity contribution >= 4 is 34.1 Å². The fourth-order valence-corrected chi connectivity index (χ4v) is 2.86. The minimum atomic E-state index is -0.196. The molecule has 0 saturated heterocycles. The van der Waals surface area contributed by atoms with Crippen LogP contribution in [0, 0.1) is 0 Å². The van der Waals surface area contributed by atoms with Crippen LogP contribution in [0.5, 0.6) is 11.5 Å². The summed E-state index contributed by atoms with van der Waals surface area (Å²) in [5.74, 6) is 1.12. The van der Waals surface area contributed by atoms with Gasteiger partial charge in [0.25, 0.3) is 5.91 Å². The predicted octanol–water partition coefficient (Wildman–Crippen LogP) is 3.81. The molecule has 0 bridgehead atoms. The van der Waals surface area contributed by atoms with Crippen LogP contribution in [-0.4, -0.2) is 17.3 Å². The smallest absolute Gasteiger partial charge is 0.272 e. The Morgan fingerprint density at radius 1 is 1.13 bits per heavy atom. The number of aryl methyl sites for hydroxylation is 1. The Balaban J connectivity index is 1.65. The fraction of sp³-hybridized carbons (Fsp3) is 0.118. The SMILES string of the molecule is Cn1c(C(=O)Nc2ccc3c(c2)OCO3)cc2ccc(Cl)cc21. The molecular weight excluding hydrogens is 316 g/mol. The first kappa shape index (κ1) is 14.0. The predicted molar refractivity (Wildman–Crippen MR) is 88.4 cm³/mol. The van der Waals surface area contributed by atoms with Crippen molar-refractivity contribution in [1.29, 1.82) is 0 Å². The average Bonchev–Trinajstić information content (AvgIpc) is 3.12. The molecule has 0 fully saturated rings. The number of carbonyl (C=O) groups is 1. The van der Waals surface area contributed by atoms with Crippen LogP contribution >= 0.6 is 11.6 Å². The molecule has 1 N–H and O–H groups in total. The lowest BCUT2D eigenvalue weighted by atomic mass is 10.2. The van der Waals surface area contributed by atoms with Crippen molar-refractivity contribution < 1.29 is 14.3 Å². The van der Waals surface area contributed by atoms with Crippen LogP contribution in [0.15, 0.2) is 42.5 Å². The van der Waals surface area contributed by atoms with Crippen molar-refractivity contribution in [2.75, 3.05) is 12.1 Å². The molecule has 23 heavy (non-hydrogen) atoms. The van der Waals surface area contributed by atoms with Crippen LogP contribution in [-0.2, 0) is 7.05 Å². The van der Waals surface area contributed by atoms with Gasteiger partial charge in [0.1, 0.15) is 5.69 Å². The lowest BCUT2D eigenvalue weighted by molar-refractivity contribution is 0.102. The number of fused-ring (bicyclic) bond motifs is 2. The standard InChI is InChI=1S/C17H13ClN2O3/c1-20-13-7-11(18)3-2-10(13)6-14(20)17(21)19-12-4-5-15-16(8-12)23-9-22-15/h2-8H,9H2,1H3,(H,19,21). The van der Waals surface area contributed by atoms with Gasteiger partial charge in [-0.1, -0.05) is 17.7 Å². The largest absolute Gasteiger partial charge is 0.454 e. The first-order chi connectivity index (χ1) is 11.1. The zero-order valence-corrected chi connectivity index (χ0v) is 13.1. The normalized spacial score (nSPS) is 12.6. The van der Waals surface area contributed by atoms with E-state index in [1.165, 1.54) is 0 Å². The van der Waals surface area contributed by atoms with E-state index in [0.717, 1.165) is 10.9 Å². The van der Waals surface area contributed by atoms with Crippen LogP contribution < -0.4 is 14.8 Å². The summed E-state index contributed by atoms with van der Waals surface area (Å²) in [7, 11) is 1.84. The summed E-state index contributed by atoms with van der Waals surface area (Å²) in [6, 6.07) is 12.7. The Kier molecular flexibility index (Phi) is 3.16. The highest BCUT2D eigenvalue weighted by molar-refractivity contribution is 6.31. The molecule has 1 aromatic heterocycles. The van der Waals surface area contributed by atoms with Crippen molar-refractivity contribution in [1.82, 2.24) is 4.57 Å². The van der Waals surface area contributed by atoms with E-state index in [-0.39, 0.29) is 12.7 Å². The number of carbonyl (C=O) groups excluding carboxylic acids is 1. The molecule has 116 valence electrons. The summed E-state index contributed by atoms with van der Waals surface area (Å²) in [5, 5.41) is 4.48. The van der Waals surface area contributed by atoms with Crippen LogP contribution in [0.2, 0.25) is 5.02 Å². The lowest BCUT2D eigenvalue weighted by Gasteiger charge is -2.07. The van der Waals surface area contributed by atoms with Crippen molar-refractivity contribution in [2.45, 2.75) is 0 Å². The Hall–Kier alpha value is -2.66. The summed E-state index contributed by atoms with van der Waals surface area (Å²) in [4.78, 5) is 12.6. The number of ether oxygens (including phenoxy) is 2. The van der Waals surface area contributed by atoms with Gasteiger partial charge in [0.15, 0.2) is 11.5 Å². The first-order valence-electron chi connectivity index (χ1n) is 7.08. The van der Waals surface area contributed by atoms with Gasteiger partial charge in [-0.2, -0.15) is 0 Å². The van der Waals surface area contributed by atoms with E-state index in [1.54, 1.807) is 18.2 Å². The number of benzene rings is 2. The second-order valence-corrected chi connectivity index (χ2v) is 5.75. The lowest BCUT2D eigenvalue weighted by Crippen LogP contribution is -2.15. The molecule has 5 nitrogen and oxygen atoms in total. The van der Waals surface area contributed by atoms with Gasteiger partial charge in [0.2, 0.25) is 6.79 Å². The van der Waals surface area contributed by atoms with Crippen LogP contribution in [0.25, 0.3) is 10.9 Å². The number of nitrogens with zero attached hydrogens (tertiary/aromatic N) is 1. The number of hydrogen-bond donors (Lipinski definition) is 1. The van der Waals surface area contributed by atoms with E-state index in [9.17, 15) is 4.79 Å². The third-order valence-corrected chi connectivity index (χ3v) is 4.11. The fourth-order valence-electron chi connectivity index (χ4n) is 2.69. The third kappa shape index (κ3) is 2.39.